The molecule has 3 rings (SSSR count). The van der Waals surface area contributed by atoms with Crippen LogP contribution in [0.1, 0.15) is 30.6 Å². The van der Waals surface area contributed by atoms with Crippen molar-refractivity contribution in [3.05, 3.63) is 60.3 Å². The van der Waals surface area contributed by atoms with Crippen molar-refractivity contribution in [2.75, 3.05) is 18.5 Å². The van der Waals surface area contributed by atoms with Gasteiger partial charge in [-0.2, -0.15) is 0 Å². The quantitative estimate of drug-likeness (QED) is 0.511. The Bertz CT molecular complexity index is 942. The van der Waals surface area contributed by atoms with E-state index in [1.54, 1.807) is 0 Å². The van der Waals surface area contributed by atoms with Crippen LogP contribution in [-0.2, 0) is 4.74 Å². The van der Waals surface area contributed by atoms with Gasteiger partial charge in [0.15, 0.2) is 0 Å². The molecule has 0 fully saturated rings. The van der Waals surface area contributed by atoms with Crippen molar-refractivity contribution in [1.82, 2.24) is 4.98 Å². The van der Waals surface area contributed by atoms with E-state index in [0.29, 0.717) is 41.2 Å². The maximum atomic E-state index is 11.7. The van der Waals surface area contributed by atoms with Crippen molar-refractivity contribution in [3.8, 4) is 11.5 Å². The topological polar surface area (TPSA) is 80.7 Å². The zero-order chi connectivity index (χ0) is 19.9. The Labute approximate surface area is 164 Å². The third kappa shape index (κ3) is 4.98. The van der Waals surface area contributed by atoms with Crippen LogP contribution < -0.4 is 10.1 Å². The second kappa shape index (κ2) is 9.19. The van der Waals surface area contributed by atoms with Crippen LogP contribution in [0, 0.1) is 0 Å². The zero-order valence-electron chi connectivity index (χ0n) is 16.0. The van der Waals surface area contributed by atoms with E-state index in [0.717, 1.165) is 6.42 Å². The van der Waals surface area contributed by atoms with Crippen LogP contribution in [0.25, 0.3) is 10.9 Å². The first-order valence-electron chi connectivity index (χ1n) is 9.29. The molecule has 3 aromatic rings. The van der Waals surface area contributed by atoms with Crippen LogP contribution in [0.5, 0.6) is 11.5 Å². The Morgan fingerprint density at radius 3 is 2.64 bits per heavy atom. The predicted octanol–water partition coefficient (Wildman–Crippen LogP) is 4.95. The normalized spacial score (nSPS) is 11.0. The van der Waals surface area contributed by atoms with E-state index >= 15 is 0 Å². The highest BCUT2D eigenvalue weighted by Crippen LogP contribution is 2.31. The average Bonchev–Trinajstić information content (AvgIpc) is 2.68. The molecule has 0 saturated heterocycles. The van der Waals surface area contributed by atoms with Crippen LogP contribution >= 0.6 is 0 Å². The minimum absolute atomic E-state index is 0.133. The maximum absolute atomic E-state index is 11.7. The number of nitrogens with zero attached hydrogens (tertiary/aromatic N) is 1. The number of hydrogen-bond donors (Lipinski definition) is 2. The van der Waals surface area contributed by atoms with E-state index in [9.17, 15) is 9.90 Å². The van der Waals surface area contributed by atoms with Gasteiger partial charge >= 0.3 is 5.97 Å². The zero-order valence-corrected chi connectivity index (χ0v) is 16.0. The largest absolute Gasteiger partial charge is 0.478 e. The lowest BCUT2D eigenvalue weighted by Crippen LogP contribution is -2.12. The van der Waals surface area contributed by atoms with E-state index in [1.165, 1.54) is 6.20 Å². The Kier molecular flexibility index (Phi) is 6.45. The van der Waals surface area contributed by atoms with Crippen LogP contribution in [0.15, 0.2) is 54.7 Å². The molecule has 0 aliphatic heterocycles. The van der Waals surface area contributed by atoms with Crippen LogP contribution in [-0.4, -0.2) is 35.3 Å². The molecule has 0 atom stereocenters. The summed E-state index contributed by atoms with van der Waals surface area (Å²) >= 11 is 0. The lowest BCUT2D eigenvalue weighted by atomic mass is 10.1. The number of pyridine rings is 1. The van der Waals surface area contributed by atoms with Crippen molar-refractivity contribution in [3.63, 3.8) is 0 Å². The average molecular weight is 380 g/mol. The molecule has 2 aromatic carbocycles. The summed E-state index contributed by atoms with van der Waals surface area (Å²) in [6.07, 6.45) is 2.32. The summed E-state index contributed by atoms with van der Waals surface area (Å²) < 4.78 is 11.4. The number of para-hydroxylation sites is 1. The number of rotatable bonds is 9. The molecule has 28 heavy (non-hydrogen) atoms. The van der Waals surface area contributed by atoms with Gasteiger partial charge in [-0.05, 0) is 50.6 Å². The van der Waals surface area contributed by atoms with E-state index in [1.807, 2.05) is 62.4 Å². The lowest BCUT2D eigenvalue weighted by Gasteiger charge is -2.14. The molecule has 6 nitrogen and oxygen atoms in total. The van der Waals surface area contributed by atoms with Gasteiger partial charge in [-0.25, -0.2) is 4.79 Å². The van der Waals surface area contributed by atoms with Crippen LogP contribution in [0.3, 0.4) is 0 Å². The number of carbonyl (C=O) groups is 1. The van der Waals surface area contributed by atoms with Crippen LogP contribution in [0.2, 0.25) is 0 Å². The number of aromatic nitrogens is 1. The van der Waals surface area contributed by atoms with Gasteiger partial charge in [0.2, 0.25) is 0 Å². The summed E-state index contributed by atoms with van der Waals surface area (Å²) in [6, 6.07) is 14.9. The SMILES string of the molecule is CC(C)OCCCNc1c(C(=O)O)cnc2ccc(Oc3ccccc3)cc12. The maximum Gasteiger partial charge on any atom is 0.339 e. The molecule has 6 heteroatoms. The molecule has 1 aromatic heterocycles. The Balaban J connectivity index is 1.87. The van der Waals surface area contributed by atoms with Gasteiger partial charge in [0.25, 0.3) is 0 Å². The van der Waals surface area contributed by atoms with Gasteiger partial charge < -0.3 is 19.9 Å². The number of benzene rings is 2. The molecule has 0 aliphatic rings. The molecule has 0 aliphatic carbocycles. The summed E-state index contributed by atoms with van der Waals surface area (Å²) in [6.45, 7) is 5.18. The summed E-state index contributed by atoms with van der Waals surface area (Å²) in [4.78, 5) is 16.0. The Hall–Kier alpha value is -3.12. The van der Waals surface area contributed by atoms with Gasteiger partial charge in [-0.15, -0.1) is 0 Å². The monoisotopic (exact) mass is 380 g/mol. The molecular weight excluding hydrogens is 356 g/mol. The fraction of sp³-hybridized carbons (Fsp3) is 0.273. The molecule has 1 heterocycles. The minimum atomic E-state index is -1.02. The van der Waals surface area contributed by atoms with Crippen molar-refractivity contribution >= 4 is 22.6 Å². The molecule has 0 amide bonds. The van der Waals surface area contributed by atoms with Crippen molar-refractivity contribution in [1.29, 1.82) is 0 Å². The number of fused-ring (bicyclic) bond motifs is 1. The Morgan fingerprint density at radius 2 is 1.93 bits per heavy atom. The molecule has 0 saturated carbocycles. The summed E-state index contributed by atoms with van der Waals surface area (Å²) in [5.74, 6) is 0.309. The number of anilines is 1. The van der Waals surface area contributed by atoms with Gasteiger partial charge in [-0.3, -0.25) is 4.98 Å². The first-order chi connectivity index (χ1) is 13.5. The van der Waals surface area contributed by atoms with E-state index in [2.05, 4.69) is 10.3 Å². The number of carboxylic acid groups (broad SMARTS) is 1. The minimum Gasteiger partial charge on any atom is -0.478 e. The fourth-order valence-corrected chi connectivity index (χ4v) is 2.82. The van der Waals surface area contributed by atoms with Crippen molar-refractivity contribution in [2.24, 2.45) is 0 Å². The van der Waals surface area contributed by atoms with Crippen molar-refractivity contribution < 1.29 is 19.4 Å². The number of ether oxygens (including phenoxy) is 2. The fourth-order valence-electron chi connectivity index (χ4n) is 2.82. The number of nitrogens with one attached hydrogen (secondary N) is 1. The first kappa shape index (κ1) is 19.6. The molecule has 146 valence electrons. The molecular formula is C22H24N2O4. The highest BCUT2D eigenvalue weighted by atomic mass is 16.5. The van der Waals surface area contributed by atoms with E-state index < -0.39 is 5.97 Å². The summed E-state index contributed by atoms with van der Waals surface area (Å²) in [7, 11) is 0. The number of hydrogen-bond acceptors (Lipinski definition) is 5. The summed E-state index contributed by atoms with van der Waals surface area (Å²) in [5, 5.41) is 13.5. The second-order valence-corrected chi connectivity index (χ2v) is 6.65. The lowest BCUT2D eigenvalue weighted by molar-refractivity contribution is 0.0697. The van der Waals surface area contributed by atoms with Crippen LogP contribution in [0.4, 0.5) is 5.69 Å². The molecule has 0 unspecified atom stereocenters. The van der Waals surface area contributed by atoms with Gasteiger partial charge in [0.1, 0.15) is 17.1 Å². The highest BCUT2D eigenvalue weighted by molar-refractivity contribution is 6.04. The third-order valence-corrected chi connectivity index (χ3v) is 4.12. The third-order valence-electron chi connectivity index (χ3n) is 4.12. The molecule has 2 N–H and O–H groups in total. The Morgan fingerprint density at radius 1 is 1.14 bits per heavy atom. The molecule has 0 spiro atoms. The van der Waals surface area contributed by atoms with Gasteiger partial charge in [0, 0.05) is 24.7 Å². The van der Waals surface area contributed by atoms with Gasteiger partial charge in [0.05, 0.1) is 17.3 Å². The summed E-state index contributed by atoms with van der Waals surface area (Å²) in [5.41, 5.74) is 1.38. The van der Waals surface area contributed by atoms with Gasteiger partial charge in [-0.1, -0.05) is 18.2 Å². The predicted molar refractivity (Wildman–Crippen MR) is 109 cm³/mol. The number of aromatic carboxylic acids is 1. The number of carboxylic acids is 1. The van der Waals surface area contributed by atoms with E-state index in [-0.39, 0.29) is 11.7 Å². The van der Waals surface area contributed by atoms with E-state index in [4.69, 9.17) is 9.47 Å². The standard InChI is InChI=1S/C22H24N2O4/c1-15(2)27-12-6-11-23-21-18-13-17(28-16-7-4-3-5-8-16)9-10-20(18)24-14-19(21)22(25)26/h3-5,7-10,13-15H,6,11-12H2,1-2H3,(H,23,24)(H,25,26). The second-order valence-electron chi connectivity index (χ2n) is 6.65. The molecule has 0 bridgehead atoms. The smallest absolute Gasteiger partial charge is 0.339 e. The van der Waals surface area contributed by atoms with Crippen molar-refractivity contribution in [2.45, 2.75) is 26.4 Å². The molecule has 0 radical (unpaired) electrons. The highest BCUT2D eigenvalue weighted by Gasteiger charge is 2.15. The first-order valence-corrected chi connectivity index (χ1v) is 9.29.